The number of nitrogens with one attached hydrogen (secondary N) is 3. The fourth-order valence-electron chi connectivity index (χ4n) is 1.87. The third-order valence-electron chi connectivity index (χ3n) is 2.96. The monoisotopic (exact) mass is 403 g/mol. The fourth-order valence-corrected chi connectivity index (χ4v) is 2.65. The molecule has 0 bridgehead atoms. The first-order chi connectivity index (χ1) is 12.3. The number of hydrogen-bond acceptors (Lipinski definition) is 9. The number of esters is 1. The summed E-state index contributed by atoms with van der Waals surface area (Å²) in [6.45, 7) is 1.17. The zero-order valence-corrected chi connectivity index (χ0v) is 15.1. The van der Waals surface area contributed by atoms with Crippen LogP contribution in [0.5, 0.6) is 0 Å². The summed E-state index contributed by atoms with van der Waals surface area (Å²) in [5.41, 5.74) is -0.112. The van der Waals surface area contributed by atoms with E-state index in [-0.39, 0.29) is 22.4 Å². The average Bonchev–Trinajstić information content (AvgIpc) is 3.04. The number of aromatic nitrogens is 1. The van der Waals surface area contributed by atoms with Crippen LogP contribution in [0.3, 0.4) is 0 Å². The second-order valence-corrected chi connectivity index (χ2v) is 5.96. The van der Waals surface area contributed by atoms with Crippen molar-refractivity contribution < 1.29 is 28.8 Å². The number of thiazole rings is 1. The molecule has 1 aromatic heterocycles. The van der Waals surface area contributed by atoms with Gasteiger partial charge in [-0.15, -0.1) is 22.9 Å². The van der Waals surface area contributed by atoms with Crippen LogP contribution in [0.4, 0.5) is 5.13 Å². The van der Waals surface area contributed by atoms with Crippen molar-refractivity contribution in [3.63, 3.8) is 0 Å². The van der Waals surface area contributed by atoms with E-state index in [2.05, 4.69) is 30.9 Å². The lowest BCUT2D eigenvalue weighted by molar-refractivity contribution is -0.163. The van der Waals surface area contributed by atoms with Gasteiger partial charge in [0.05, 0.1) is 0 Å². The summed E-state index contributed by atoms with van der Waals surface area (Å²) in [4.78, 5) is 54.9. The molecule has 0 aliphatic carbocycles. The van der Waals surface area contributed by atoms with Crippen molar-refractivity contribution in [3.05, 3.63) is 11.1 Å². The van der Waals surface area contributed by atoms with Crippen molar-refractivity contribution in [3.8, 4) is 0 Å². The molecule has 2 atom stereocenters. The number of hydrogen-bond donors (Lipinski definition) is 3. The summed E-state index contributed by atoms with van der Waals surface area (Å²) in [5, 5.41) is 12.4. The molecular formula is C13H14ClN5O6S. The van der Waals surface area contributed by atoms with E-state index in [0.29, 0.717) is 0 Å². The van der Waals surface area contributed by atoms with Crippen LogP contribution in [-0.4, -0.2) is 59.6 Å². The van der Waals surface area contributed by atoms with E-state index < -0.39 is 36.0 Å². The summed E-state index contributed by atoms with van der Waals surface area (Å²) >= 11 is 6.44. The molecule has 1 aliphatic heterocycles. The number of amides is 3. The number of ether oxygens (including phenoxy) is 1. The van der Waals surface area contributed by atoms with E-state index in [0.717, 1.165) is 11.3 Å². The molecule has 0 saturated carbocycles. The molecule has 1 aromatic rings. The van der Waals surface area contributed by atoms with Gasteiger partial charge in [0.25, 0.3) is 11.8 Å². The normalized spacial score (nSPS) is 19.0. The van der Waals surface area contributed by atoms with Gasteiger partial charge in [0.1, 0.15) is 18.7 Å². The maximum atomic E-state index is 12.4. The van der Waals surface area contributed by atoms with Gasteiger partial charge in [-0.05, 0) is 0 Å². The highest BCUT2D eigenvalue weighted by Gasteiger charge is 2.43. The number of halogens is 1. The molecule has 1 fully saturated rings. The summed E-state index contributed by atoms with van der Waals surface area (Å²) in [5.74, 6) is -2.61. The quantitative estimate of drug-likeness (QED) is 0.177. The number of alkyl halides is 1. The lowest BCUT2D eigenvalue weighted by atomic mass is 10.1. The van der Waals surface area contributed by atoms with E-state index in [4.69, 9.17) is 16.3 Å². The Kier molecular flexibility index (Phi) is 6.46. The summed E-state index contributed by atoms with van der Waals surface area (Å²) in [7, 11) is 1.23. The van der Waals surface area contributed by atoms with E-state index in [1.165, 1.54) is 19.4 Å². The fraction of sp³-hybridized carbons (Fsp3) is 0.385. The Morgan fingerprint density at radius 2 is 2.19 bits per heavy atom. The Bertz CT molecular complexity index is 766. The van der Waals surface area contributed by atoms with Gasteiger partial charge in [-0.1, -0.05) is 5.16 Å². The second-order valence-electron chi connectivity index (χ2n) is 4.83. The van der Waals surface area contributed by atoms with E-state index in [1.807, 2.05) is 0 Å². The Labute approximate surface area is 156 Å². The first kappa shape index (κ1) is 19.6. The highest BCUT2D eigenvalue weighted by molar-refractivity contribution is 7.14. The topological polar surface area (TPSA) is 148 Å². The Morgan fingerprint density at radius 3 is 2.77 bits per heavy atom. The molecular weight excluding hydrogens is 390 g/mol. The molecule has 3 N–H and O–H groups in total. The second kappa shape index (κ2) is 8.58. The van der Waals surface area contributed by atoms with Gasteiger partial charge in [0.15, 0.2) is 16.9 Å². The van der Waals surface area contributed by atoms with Gasteiger partial charge in [0, 0.05) is 12.3 Å². The van der Waals surface area contributed by atoms with Crippen LogP contribution in [0.25, 0.3) is 0 Å². The van der Waals surface area contributed by atoms with Gasteiger partial charge in [-0.3, -0.25) is 19.2 Å². The van der Waals surface area contributed by atoms with Crippen LogP contribution in [-0.2, 0) is 28.8 Å². The van der Waals surface area contributed by atoms with Gasteiger partial charge in [-0.2, -0.15) is 0 Å². The molecule has 2 heterocycles. The smallest absolute Gasteiger partial charge is 0.304 e. The summed E-state index contributed by atoms with van der Waals surface area (Å²) in [6.07, 6.45) is -0.971. The van der Waals surface area contributed by atoms with Crippen molar-refractivity contribution in [1.29, 1.82) is 0 Å². The molecule has 3 amide bonds. The molecule has 140 valence electrons. The van der Waals surface area contributed by atoms with E-state index in [9.17, 15) is 19.2 Å². The predicted molar refractivity (Wildman–Crippen MR) is 90.6 cm³/mol. The van der Waals surface area contributed by atoms with Gasteiger partial charge in [0.2, 0.25) is 12.1 Å². The molecule has 1 aliphatic rings. The highest BCUT2D eigenvalue weighted by Crippen LogP contribution is 2.17. The van der Waals surface area contributed by atoms with E-state index >= 15 is 0 Å². The van der Waals surface area contributed by atoms with Crippen LogP contribution >= 0.6 is 22.9 Å². The average molecular weight is 404 g/mol. The molecule has 0 radical (unpaired) electrons. The minimum absolute atomic E-state index is 0.114. The van der Waals surface area contributed by atoms with Crippen LogP contribution in [0, 0.1) is 0 Å². The number of nitrogens with zero attached hydrogens (tertiary/aromatic N) is 2. The third kappa shape index (κ3) is 4.67. The minimum atomic E-state index is -1.07. The Morgan fingerprint density at radius 1 is 1.46 bits per heavy atom. The van der Waals surface area contributed by atoms with Crippen molar-refractivity contribution >= 4 is 57.5 Å². The number of carbonyl (C=O) groups is 4. The zero-order chi connectivity index (χ0) is 19.3. The van der Waals surface area contributed by atoms with Crippen molar-refractivity contribution in [2.45, 2.75) is 19.2 Å². The minimum Gasteiger partial charge on any atom is -0.439 e. The van der Waals surface area contributed by atoms with Crippen LogP contribution in [0.15, 0.2) is 10.5 Å². The first-order valence-corrected chi connectivity index (χ1v) is 8.48. The number of carbonyl (C=O) groups excluding carboxylic acids is 4. The zero-order valence-electron chi connectivity index (χ0n) is 13.6. The van der Waals surface area contributed by atoms with Crippen LogP contribution in [0.2, 0.25) is 0 Å². The SMILES string of the molecule is CO/N=C(\C(=O)N[C@@H]1C(=O)N[C@H]1OC(C)=O)c1csc(NC(=O)CCl)n1. The van der Waals surface area contributed by atoms with Gasteiger partial charge < -0.3 is 25.5 Å². The molecule has 13 heteroatoms. The van der Waals surface area contributed by atoms with Crippen molar-refractivity contribution in [2.24, 2.45) is 5.16 Å². The number of oxime groups is 1. The van der Waals surface area contributed by atoms with Gasteiger partial charge >= 0.3 is 5.97 Å². The maximum Gasteiger partial charge on any atom is 0.304 e. The van der Waals surface area contributed by atoms with Crippen molar-refractivity contribution in [1.82, 2.24) is 15.6 Å². The summed E-state index contributed by atoms with van der Waals surface area (Å²) < 4.78 is 4.85. The van der Waals surface area contributed by atoms with Gasteiger partial charge in [-0.25, -0.2) is 4.98 Å². The predicted octanol–water partition coefficient (Wildman–Crippen LogP) is -0.825. The largest absolute Gasteiger partial charge is 0.439 e. The van der Waals surface area contributed by atoms with Crippen molar-refractivity contribution in [2.75, 3.05) is 18.3 Å². The molecule has 0 unspecified atom stereocenters. The third-order valence-corrected chi connectivity index (χ3v) is 3.96. The van der Waals surface area contributed by atoms with Crippen LogP contribution in [0.1, 0.15) is 12.6 Å². The number of anilines is 1. The standard InChI is InChI=1S/C13H14ClN5O6S/c1-5(20)25-12-9(11(23)18-12)17-10(22)8(19-24-2)6-4-26-13(15-6)16-7(21)3-14/h4,9,12H,3H2,1-2H3,(H,17,22)(H,18,23)(H,15,16,21)/b19-8-/t9-,12+/m1/s1. The number of rotatable bonds is 7. The molecule has 26 heavy (non-hydrogen) atoms. The van der Waals surface area contributed by atoms with Crippen LogP contribution < -0.4 is 16.0 Å². The van der Waals surface area contributed by atoms with E-state index in [1.54, 1.807) is 0 Å². The number of β-lactam (4-membered cyclic amide) rings is 1. The lowest BCUT2D eigenvalue weighted by Crippen LogP contribution is -2.70. The molecule has 1 saturated heterocycles. The first-order valence-electron chi connectivity index (χ1n) is 7.07. The highest BCUT2D eigenvalue weighted by atomic mass is 35.5. The Hall–Kier alpha value is -2.73. The molecule has 11 nitrogen and oxygen atoms in total. The summed E-state index contributed by atoms with van der Waals surface area (Å²) in [6, 6.07) is -1.07. The molecule has 0 spiro atoms. The Balaban J connectivity index is 2.10. The molecule has 0 aromatic carbocycles. The molecule has 2 rings (SSSR count). The maximum absolute atomic E-state index is 12.4. The lowest BCUT2D eigenvalue weighted by Gasteiger charge is -2.35.